The number of anilines is 1. The van der Waals surface area contributed by atoms with Crippen molar-refractivity contribution in [3.05, 3.63) is 46.8 Å². The number of H-pyrrole nitrogens is 1. The first kappa shape index (κ1) is 21.9. The number of carbonyl (C=O) groups is 1. The van der Waals surface area contributed by atoms with Crippen LogP contribution < -0.4 is 14.8 Å². The molecular weight excluding hydrogens is 467 g/mol. The molecule has 166 valence electrons. The third-order valence-electron chi connectivity index (χ3n) is 4.31. The number of amides is 1. The number of tetrazole rings is 1. The number of halogens is 3. The number of benzene rings is 2. The van der Waals surface area contributed by atoms with E-state index in [2.05, 4.69) is 25.9 Å². The summed E-state index contributed by atoms with van der Waals surface area (Å²) in [7, 11) is 2.96. The molecule has 2 aromatic heterocycles. The molecule has 13 heteroatoms. The summed E-state index contributed by atoms with van der Waals surface area (Å²) in [5.74, 6) is 0.410. The Bertz CT molecular complexity index is 1280. The number of thiophene rings is 1. The lowest BCUT2D eigenvalue weighted by Gasteiger charge is -2.10. The van der Waals surface area contributed by atoms with Crippen LogP contribution in [0.25, 0.3) is 10.1 Å². The van der Waals surface area contributed by atoms with Crippen molar-refractivity contribution in [1.82, 2.24) is 20.6 Å². The van der Waals surface area contributed by atoms with Crippen molar-refractivity contribution in [2.45, 2.75) is 16.0 Å². The van der Waals surface area contributed by atoms with Crippen molar-refractivity contribution in [2.75, 3.05) is 19.5 Å². The molecule has 32 heavy (non-hydrogen) atoms. The highest BCUT2D eigenvalue weighted by Crippen LogP contribution is 2.46. The second kappa shape index (κ2) is 8.67. The minimum Gasteiger partial charge on any atom is -0.493 e. The minimum atomic E-state index is -4.48. The first-order valence-corrected chi connectivity index (χ1v) is 10.5. The fraction of sp³-hybridized carbons (Fsp3) is 0.158. The molecule has 0 aliphatic carbocycles. The number of fused-ring (bicyclic) bond motifs is 1. The molecule has 0 bridgehead atoms. The van der Waals surface area contributed by atoms with E-state index in [1.165, 1.54) is 20.3 Å². The molecule has 2 aromatic carbocycles. The van der Waals surface area contributed by atoms with Gasteiger partial charge in [-0.1, -0.05) is 22.9 Å². The van der Waals surface area contributed by atoms with Crippen LogP contribution in [-0.4, -0.2) is 40.8 Å². The Balaban J connectivity index is 1.83. The number of aromatic amines is 1. The van der Waals surface area contributed by atoms with Crippen molar-refractivity contribution < 1.29 is 27.4 Å². The molecule has 0 saturated carbocycles. The van der Waals surface area contributed by atoms with Gasteiger partial charge in [-0.05, 0) is 34.7 Å². The predicted octanol–water partition coefficient (Wildman–Crippen LogP) is 4.85. The second-order valence-electron chi connectivity index (χ2n) is 6.30. The number of hydrogen-bond acceptors (Lipinski definition) is 8. The zero-order valence-electron chi connectivity index (χ0n) is 16.5. The second-order valence-corrected chi connectivity index (χ2v) is 8.43. The van der Waals surface area contributed by atoms with Crippen LogP contribution in [0.3, 0.4) is 0 Å². The quantitative estimate of drug-likeness (QED) is 0.406. The third-order valence-corrected chi connectivity index (χ3v) is 6.71. The number of aromatic nitrogens is 4. The Hall–Kier alpha value is -3.32. The fourth-order valence-corrected chi connectivity index (χ4v) is 5.23. The van der Waals surface area contributed by atoms with E-state index >= 15 is 0 Å². The van der Waals surface area contributed by atoms with E-state index in [4.69, 9.17) is 9.47 Å². The normalized spacial score (nSPS) is 11.5. The van der Waals surface area contributed by atoms with Gasteiger partial charge >= 0.3 is 6.18 Å². The molecule has 2 heterocycles. The van der Waals surface area contributed by atoms with Crippen LogP contribution in [0.1, 0.15) is 15.2 Å². The van der Waals surface area contributed by atoms with E-state index in [9.17, 15) is 18.0 Å². The van der Waals surface area contributed by atoms with E-state index in [1.54, 1.807) is 18.2 Å². The first-order valence-electron chi connectivity index (χ1n) is 8.89. The van der Waals surface area contributed by atoms with E-state index in [1.807, 2.05) is 0 Å². The molecule has 0 spiro atoms. The van der Waals surface area contributed by atoms with Crippen molar-refractivity contribution in [2.24, 2.45) is 0 Å². The van der Waals surface area contributed by atoms with Gasteiger partial charge in [-0.15, -0.1) is 11.3 Å². The number of carbonyl (C=O) groups excluding carboxylic acids is 1. The van der Waals surface area contributed by atoms with Crippen LogP contribution in [0.5, 0.6) is 11.5 Å². The Kier molecular flexibility index (Phi) is 5.93. The number of methoxy groups -OCH3 is 2. The Morgan fingerprint density at radius 3 is 2.56 bits per heavy atom. The van der Waals surface area contributed by atoms with Crippen LogP contribution in [0.15, 0.2) is 46.2 Å². The summed E-state index contributed by atoms with van der Waals surface area (Å²) in [5.41, 5.74) is -0.778. The zero-order valence-corrected chi connectivity index (χ0v) is 18.1. The number of hydrogen-bond donors (Lipinski definition) is 2. The van der Waals surface area contributed by atoms with Gasteiger partial charge in [0, 0.05) is 25.9 Å². The van der Waals surface area contributed by atoms with E-state index in [-0.39, 0.29) is 10.8 Å². The highest BCUT2D eigenvalue weighted by Gasteiger charge is 2.31. The Morgan fingerprint density at radius 1 is 1.16 bits per heavy atom. The van der Waals surface area contributed by atoms with Crippen molar-refractivity contribution in [3.63, 3.8) is 0 Å². The number of nitrogens with zero attached hydrogens (tertiary/aromatic N) is 3. The summed E-state index contributed by atoms with van der Waals surface area (Å²) >= 11 is 2.20. The van der Waals surface area contributed by atoms with Gasteiger partial charge in [0.1, 0.15) is 4.88 Å². The molecule has 4 rings (SSSR count). The average Bonchev–Trinajstić information content (AvgIpc) is 3.40. The van der Waals surface area contributed by atoms with Gasteiger partial charge in [-0.3, -0.25) is 10.1 Å². The van der Waals surface area contributed by atoms with Crippen molar-refractivity contribution in [1.29, 1.82) is 0 Å². The van der Waals surface area contributed by atoms with Crippen LogP contribution in [0.2, 0.25) is 0 Å². The highest BCUT2D eigenvalue weighted by molar-refractivity contribution is 7.99. The Labute approximate surface area is 187 Å². The maximum absolute atomic E-state index is 13.2. The predicted molar refractivity (Wildman–Crippen MR) is 113 cm³/mol. The molecule has 1 amide bonds. The number of ether oxygens (including phenoxy) is 2. The van der Waals surface area contributed by atoms with E-state index < -0.39 is 17.6 Å². The fourth-order valence-electron chi connectivity index (χ4n) is 2.88. The monoisotopic (exact) mass is 481 g/mol. The van der Waals surface area contributed by atoms with Crippen LogP contribution in [0.4, 0.5) is 19.1 Å². The molecule has 0 fully saturated rings. The van der Waals surface area contributed by atoms with Crippen LogP contribution in [-0.2, 0) is 6.18 Å². The molecule has 4 aromatic rings. The average molecular weight is 481 g/mol. The van der Waals surface area contributed by atoms with Gasteiger partial charge in [-0.25, -0.2) is 5.10 Å². The molecule has 2 N–H and O–H groups in total. The lowest BCUT2D eigenvalue weighted by Crippen LogP contribution is -2.12. The van der Waals surface area contributed by atoms with Gasteiger partial charge in [0.2, 0.25) is 5.95 Å². The number of nitrogens with one attached hydrogen (secondary N) is 2. The summed E-state index contributed by atoms with van der Waals surface area (Å²) < 4.78 is 50.9. The minimum absolute atomic E-state index is 0.0395. The lowest BCUT2D eigenvalue weighted by atomic mass is 10.2. The van der Waals surface area contributed by atoms with E-state index in [0.29, 0.717) is 31.4 Å². The molecule has 0 atom stereocenters. The molecule has 0 radical (unpaired) electrons. The summed E-state index contributed by atoms with van der Waals surface area (Å²) in [6, 6.07) is 8.30. The maximum atomic E-state index is 13.2. The summed E-state index contributed by atoms with van der Waals surface area (Å²) in [5, 5.41) is 16.0. The van der Waals surface area contributed by atoms with Gasteiger partial charge < -0.3 is 9.47 Å². The van der Waals surface area contributed by atoms with Crippen molar-refractivity contribution in [3.8, 4) is 11.5 Å². The summed E-state index contributed by atoms with van der Waals surface area (Å²) in [4.78, 5) is 14.0. The van der Waals surface area contributed by atoms with Gasteiger partial charge in [0.25, 0.3) is 5.91 Å². The first-order chi connectivity index (χ1) is 15.3. The topological polar surface area (TPSA) is 102 Å². The maximum Gasteiger partial charge on any atom is 0.416 e. The van der Waals surface area contributed by atoms with Crippen molar-refractivity contribution >= 4 is 45.0 Å². The lowest BCUT2D eigenvalue weighted by molar-refractivity contribution is -0.137. The molecule has 0 unspecified atom stereocenters. The highest BCUT2D eigenvalue weighted by atomic mass is 32.2. The van der Waals surface area contributed by atoms with Gasteiger partial charge in [-0.2, -0.15) is 13.2 Å². The molecular formula is C19H14F3N5O3S2. The summed E-state index contributed by atoms with van der Waals surface area (Å²) in [6.07, 6.45) is -4.48. The summed E-state index contributed by atoms with van der Waals surface area (Å²) in [6.45, 7) is 0. The van der Waals surface area contributed by atoms with E-state index in [0.717, 1.165) is 35.2 Å². The SMILES string of the molecule is COc1cc2sc(C(=O)Nc3nnn[nH]3)c(Sc3cccc(C(F)(F)F)c3)c2cc1OC. The van der Waals surface area contributed by atoms with Crippen LogP contribution >= 0.6 is 23.1 Å². The third kappa shape index (κ3) is 4.34. The van der Waals surface area contributed by atoms with Gasteiger partial charge in [0.05, 0.1) is 19.8 Å². The molecule has 0 aliphatic rings. The zero-order chi connectivity index (χ0) is 22.9. The standard InChI is InChI=1S/C19H14F3N5O3S2/c1-29-12-7-11-14(8-13(12)30-2)32-16(17(28)23-18-24-26-27-25-18)15(11)31-10-5-3-4-9(6-10)19(20,21)22/h3-8H,1-2H3,(H2,23,24,25,26,27,28). The smallest absolute Gasteiger partial charge is 0.416 e. The number of alkyl halides is 3. The van der Waals surface area contributed by atoms with Crippen LogP contribution in [0, 0.1) is 0 Å². The largest absolute Gasteiger partial charge is 0.493 e. The molecule has 0 aliphatic heterocycles. The number of rotatable bonds is 6. The van der Waals surface area contributed by atoms with Gasteiger partial charge in [0.15, 0.2) is 11.5 Å². The Morgan fingerprint density at radius 2 is 1.91 bits per heavy atom. The molecule has 8 nitrogen and oxygen atoms in total. The molecule has 0 saturated heterocycles.